The van der Waals surface area contributed by atoms with Crippen molar-refractivity contribution < 1.29 is 4.79 Å². The van der Waals surface area contributed by atoms with Crippen molar-refractivity contribution in [2.24, 2.45) is 0 Å². The second-order valence-corrected chi connectivity index (χ2v) is 4.56. The van der Waals surface area contributed by atoms with Gasteiger partial charge in [-0.1, -0.05) is 11.3 Å². The molecule has 0 aliphatic carbocycles. The van der Waals surface area contributed by atoms with Crippen LogP contribution in [0.25, 0.3) is 10.4 Å². The van der Waals surface area contributed by atoms with E-state index >= 15 is 0 Å². The van der Waals surface area contributed by atoms with E-state index in [0.29, 0.717) is 11.3 Å². The van der Waals surface area contributed by atoms with Crippen LogP contribution in [0.1, 0.15) is 17.3 Å². The molecule has 1 aromatic carbocycles. The SMILES string of the molecule is CCNc1ncc(-c2cc(N)ccc2C=O)s1. The maximum Gasteiger partial charge on any atom is 0.183 e. The Bertz CT molecular complexity index is 536. The second-order valence-electron chi connectivity index (χ2n) is 3.52. The molecule has 0 radical (unpaired) electrons. The number of thiazole rings is 1. The van der Waals surface area contributed by atoms with Gasteiger partial charge in [-0.2, -0.15) is 0 Å². The molecule has 1 heterocycles. The van der Waals surface area contributed by atoms with Crippen LogP contribution in [0, 0.1) is 0 Å². The maximum atomic E-state index is 11.0. The Morgan fingerprint density at radius 3 is 3.06 bits per heavy atom. The van der Waals surface area contributed by atoms with Crippen molar-refractivity contribution >= 4 is 28.4 Å². The molecule has 2 aromatic rings. The predicted molar refractivity (Wildman–Crippen MR) is 71.5 cm³/mol. The molecule has 0 aliphatic heterocycles. The Morgan fingerprint density at radius 1 is 1.53 bits per heavy atom. The summed E-state index contributed by atoms with van der Waals surface area (Å²) in [4.78, 5) is 16.2. The molecule has 4 nitrogen and oxygen atoms in total. The number of aldehydes is 1. The molecule has 0 unspecified atom stereocenters. The Labute approximate surface area is 103 Å². The average molecular weight is 247 g/mol. The maximum absolute atomic E-state index is 11.0. The van der Waals surface area contributed by atoms with Gasteiger partial charge in [0, 0.05) is 29.6 Å². The van der Waals surface area contributed by atoms with E-state index in [1.807, 2.05) is 6.92 Å². The van der Waals surface area contributed by atoms with Crippen LogP contribution in [0.3, 0.4) is 0 Å². The van der Waals surface area contributed by atoms with Gasteiger partial charge in [-0.25, -0.2) is 4.98 Å². The largest absolute Gasteiger partial charge is 0.399 e. The molecule has 17 heavy (non-hydrogen) atoms. The van der Waals surface area contributed by atoms with Gasteiger partial charge in [-0.15, -0.1) is 0 Å². The molecule has 1 aromatic heterocycles. The quantitative estimate of drug-likeness (QED) is 0.643. The molecule has 0 saturated carbocycles. The van der Waals surface area contributed by atoms with E-state index in [4.69, 9.17) is 5.73 Å². The van der Waals surface area contributed by atoms with Crippen molar-refractivity contribution in [3.05, 3.63) is 30.0 Å². The molecule has 0 aliphatic rings. The summed E-state index contributed by atoms with van der Waals surface area (Å²) in [6.45, 7) is 2.84. The first-order chi connectivity index (χ1) is 8.24. The molecular weight excluding hydrogens is 234 g/mol. The van der Waals surface area contributed by atoms with E-state index in [9.17, 15) is 4.79 Å². The molecule has 0 atom stereocenters. The highest BCUT2D eigenvalue weighted by Gasteiger charge is 2.09. The van der Waals surface area contributed by atoms with Gasteiger partial charge in [-0.3, -0.25) is 4.79 Å². The summed E-state index contributed by atoms with van der Waals surface area (Å²) in [7, 11) is 0. The highest BCUT2D eigenvalue weighted by molar-refractivity contribution is 7.18. The number of nitrogens with zero attached hydrogens (tertiary/aromatic N) is 1. The Balaban J connectivity index is 2.43. The van der Waals surface area contributed by atoms with E-state index in [0.717, 1.165) is 28.4 Å². The molecule has 3 N–H and O–H groups in total. The summed E-state index contributed by atoms with van der Waals surface area (Å²) in [6, 6.07) is 5.25. The van der Waals surface area contributed by atoms with Gasteiger partial charge in [0.05, 0.1) is 4.88 Å². The number of carbonyl (C=O) groups excluding carboxylic acids is 1. The summed E-state index contributed by atoms with van der Waals surface area (Å²) in [5.41, 5.74) is 7.85. The van der Waals surface area contributed by atoms with E-state index < -0.39 is 0 Å². The van der Waals surface area contributed by atoms with Gasteiger partial charge in [0.1, 0.15) is 0 Å². The van der Waals surface area contributed by atoms with Crippen LogP contribution in [0.4, 0.5) is 10.8 Å². The van der Waals surface area contributed by atoms with Crippen LogP contribution < -0.4 is 11.1 Å². The third-order valence-electron chi connectivity index (χ3n) is 2.30. The van der Waals surface area contributed by atoms with Crippen LogP contribution in [-0.2, 0) is 0 Å². The van der Waals surface area contributed by atoms with Crippen LogP contribution >= 0.6 is 11.3 Å². The molecule has 0 fully saturated rings. The number of anilines is 2. The Hall–Kier alpha value is -1.88. The third-order valence-corrected chi connectivity index (χ3v) is 3.29. The lowest BCUT2D eigenvalue weighted by molar-refractivity contribution is 0.112. The van der Waals surface area contributed by atoms with Gasteiger partial charge in [0.25, 0.3) is 0 Å². The van der Waals surface area contributed by atoms with Crippen molar-refractivity contribution in [2.45, 2.75) is 6.92 Å². The van der Waals surface area contributed by atoms with Crippen molar-refractivity contribution in [2.75, 3.05) is 17.6 Å². The van der Waals surface area contributed by atoms with Crippen LogP contribution in [0.5, 0.6) is 0 Å². The van der Waals surface area contributed by atoms with Gasteiger partial charge >= 0.3 is 0 Å². The van der Waals surface area contributed by atoms with Crippen molar-refractivity contribution in [3.63, 3.8) is 0 Å². The number of aromatic nitrogens is 1. The fourth-order valence-electron chi connectivity index (χ4n) is 1.52. The third kappa shape index (κ3) is 2.45. The molecule has 88 valence electrons. The number of nitrogens with two attached hydrogens (primary N) is 1. The monoisotopic (exact) mass is 247 g/mol. The number of hydrogen-bond donors (Lipinski definition) is 2. The zero-order valence-corrected chi connectivity index (χ0v) is 10.3. The second kappa shape index (κ2) is 4.97. The first-order valence-corrected chi connectivity index (χ1v) is 6.11. The van der Waals surface area contributed by atoms with Crippen molar-refractivity contribution in [1.82, 2.24) is 4.98 Å². The summed E-state index contributed by atoms with van der Waals surface area (Å²) in [5.74, 6) is 0. The number of rotatable bonds is 4. The topological polar surface area (TPSA) is 68.0 Å². The highest BCUT2D eigenvalue weighted by Crippen LogP contribution is 2.32. The summed E-state index contributed by atoms with van der Waals surface area (Å²) in [6.07, 6.45) is 2.59. The first kappa shape index (κ1) is 11.6. The lowest BCUT2D eigenvalue weighted by Gasteiger charge is -2.02. The zero-order valence-electron chi connectivity index (χ0n) is 9.43. The van der Waals surface area contributed by atoms with Crippen LogP contribution in [0.15, 0.2) is 24.4 Å². The molecule has 0 saturated heterocycles. The van der Waals surface area contributed by atoms with Gasteiger partial charge in [-0.05, 0) is 25.1 Å². The van der Waals surface area contributed by atoms with Gasteiger partial charge in [0.2, 0.25) is 0 Å². The molecule has 0 spiro atoms. The number of benzene rings is 1. The molecular formula is C12H13N3OS. The van der Waals surface area contributed by atoms with E-state index in [-0.39, 0.29) is 0 Å². The normalized spacial score (nSPS) is 10.2. The molecule has 5 heteroatoms. The van der Waals surface area contributed by atoms with Crippen molar-refractivity contribution in [1.29, 1.82) is 0 Å². The van der Waals surface area contributed by atoms with Crippen LogP contribution in [0.2, 0.25) is 0 Å². The first-order valence-electron chi connectivity index (χ1n) is 5.29. The average Bonchev–Trinajstić information content (AvgIpc) is 2.78. The fraction of sp³-hybridized carbons (Fsp3) is 0.167. The minimum absolute atomic E-state index is 0.630. The molecule has 0 bridgehead atoms. The summed E-state index contributed by atoms with van der Waals surface area (Å²) in [5, 5.41) is 3.99. The molecule has 0 amide bonds. The number of hydrogen-bond acceptors (Lipinski definition) is 5. The number of nitrogens with one attached hydrogen (secondary N) is 1. The number of nitrogen functional groups attached to an aromatic ring is 1. The zero-order chi connectivity index (χ0) is 12.3. The van der Waals surface area contributed by atoms with Crippen molar-refractivity contribution in [3.8, 4) is 10.4 Å². The lowest BCUT2D eigenvalue weighted by atomic mass is 10.1. The minimum atomic E-state index is 0.630. The smallest absolute Gasteiger partial charge is 0.183 e. The summed E-state index contributed by atoms with van der Waals surface area (Å²) < 4.78 is 0. The lowest BCUT2D eigenvalue weighted by Crippen LogP contribution is -1.94. The van der Waals surface area contributed by atoms with Gasteiger partial charge in [0.15, 0.2) is 11.4 Å². The minimum Gasteiger partial charge on any atom is -0.399 e. The van der Waals surface area contributed by atoms with Gasteiger partial charge < -0.3 is 11.1 Å². The highest BCUT2D eigenvalue weighted by atomic mass is 32.1. The Morgan fingerprint density at radius 2 is 2.35 bits per heavy atom. The standard InChI is InChI=1S/C12H13N3OS/c1-2-14-12-15-6-11(17-12)10-5-9(13)4-3-8(10)7-16/h3-7H,2,13H2,1H3,(H,14,15). The fourth-order valence-corrected chi connectivity index (χ4v) is 2.44. The number of carbonyl (C=O) groups is 1. The summed E-state index contributed by atoms with van der Waals surface area (Å²) >= 11 is 1.51. The van der Waals surface area contributed by atoms with Crippen LogP contribution in [-0.4, -0.2) is 17.8 Å². The predicted octanol–water partition coefficient (Wildman–Crippen LogP) is 2.64. The van der Waals surface area contributed by atoms with E-state index in [1.165, 1.54) is 11.3 Å². The Kier molecular flexibility index (Phi) is 3.39. The van der Waals surface area contributed by atoms with E-state index in [2.05, 4.69) is 10.3 Å². The molecule has 2 rings (SSSR count). The van der Waals surface area contributed by atoms with E-state index in [1.54, 1.807) is 24.4 Å².